The molecule has 1 saturated carbocycles. The van der Waals surface area contributed by atoms with Crippen molar-refractivity contribution in [3.63, 3.8) is 0 Å². The predicted molar refractivity (Wildman–Crippen MR) is 161 cm³/mol. The van der Waals surface area contributed by atoms with Gasteiger partial charge < -0.3 is 19.6 Å². The number of carboxylic acid groups (broad SMARTS) is 1. The maximum atomic E-state index is 13.8. The van der Waals surface area contributed by atoms with Crippen molar-refractivity contribution in [1.82, 2.24) is 24.6 Å². The van der Waals surface area contributed by atoms with E-state index in [9.17, 15) is 41.0 Å². The van der Waals surface area contributed by atoms with Gasteiger partial charge in [-0.3, -0.25) is 9.48 Å². The second kappa shape index (κ2) is 13.6. The lowest BCUT2D eigenvalue weighted by atomic mass is 9.82. The molecule has 5 rings (SSSR count). The molecule has 260 valence electrons. The number of carbonyl (C=O) groups is 2. The zero-order valence-electron chi connectivity index (χ0n) is 26.5. The average molecular weight is 683 g/mol. The fraction of sp³-hybridized carbons (Fsp3) is 0.531. The average Bonchev–Trinajstić information content (AvgIpc) is 3.45. The highest BCUT2D eigenvalue weighted by molar-refractivity contribution is 5.72. The zero-order chi connectivity index (χ0) is 35.0. The Labute approximate surface area is 272 Å². The van der Waals surface area contributed by atoms with Gasteiger partial charge in [-0.1, -0.05) is 13.8 Å². The minimum atomic E-state index is -5.01. The van der Waals surface area contributed by atoms with Gasteiger partial charge in [-0.25, -0.2) is 14.8 Å². The molecule has 0 radical (unpaired) electrons. The van der Waals surface area contributed by atoms with E-state index in [0.29, 0.717) is 48.9 Å². The van der Waals surface area contributed by atoms with Gasteiger partial charge in [-0.15, -0.1) is 0 Å². The number of alkyl halides is 6. The topological polar surface area (TPSA) is 114 Å². The van der Waals surface area contributed by atoms with Gasteiger partial charge in [-0.05, 0) is 62.3 Å². The van der Waals surface area contributed by atoms with Crippen LogP contribution in [0.3, 0.4) is 0 Å². The first-order valence-corrected chi connectivity index (χ1v) is 15.6. The van der Waals surface area contributed by atoms with Crippen molar-refractivity contribution in [3.05, 3.63) is 59.7 Å². The van der Waals surface area contributed by atoms with E-state index in [-0.39, 0.29) is 49.0 Å². The highest BCUT2D eigenvalue weighted by Gasteiger charge is 2.44. The maximum absolute atomic E-state index is 13.8. The summed E-state index contributed by atoms with van der Waals surface area (Å²) < 4.78 is 89.8. The van der Waals surface area contributed by atoms with Crippen molar-refractivity contribution >= 4 is 18.0 Å². The second-order valence-corrected chi connectivity index (χ2v) is 12.4. The van der Waals surface area contributed by atoms with Gasteiger partial charge in [-0.2, -0.15) is 31.4 Å². The first-order valence-electron chi connectivity index (χ1n) is 15.6. The number of aliphatic carboxylic acids is 1. The molecule has 2 atom stereocenters. The van der Waals surface area contributed by atoms with Crippen molar-refractivity contribution in [3.8, 4) is 11.1 Å². The number of hydrogen-bond donors (Lipinski definition) is 1. The summed E-state index contributed by atoms with van der Waals surface area (Å²) in [5.41, 5.74) is -1.73. The summed E-state index contributed by atoms with van der Waals surface area (Å²) in [4.78, 5) is 36.8. The second-order valence-electron chi connectivity index (χ2n) is 12.4. The van der Waals surface area contributed by atoms with Crippen LogP contribution in [0.5, 0.6) is 0 Å². The number of aryl methyl sites for hydroxylation is 1. The van der Waals surface area contributed by atoms with Crippen LogP contribution in [0.4, 0.5) is 37.1 Å². The van der Waals surface area contributed by atoms with Crippen molar-refractivity contribution < 1.29 is 45.8 Å². The number of ether oxygens (including phenoxy) is 1. The number of nitrogens with zero attached hydrogens (tertiary/aromatic N) is 6. The number of carbonyl (C=O) groups excluding carboxylic acids is 1. The third kappa shape index (κ3) is 7.67. The first kappa shape index (κ1) is 35.0. The molecule has 48 heavy (non-hydrogen) atoms. The van der Waals surface area contributed by atoms with Gasteiger partial charge in [0.15, 0.2) is 0 Å². The molecule has 2 unspecified atom stereocenters. The number of piperidine rings is 1. The Morgan fingerprint density at radius 1 is 0.896 bits per heavy atom. The minimum absolute atomic E-state index is 0.0954. The van der Waals surface area contributed by atoms with Crippen molar-refractivity contribution in [2.24, 2.45) is 13.0 Å². The van der Waals surface area contributed by atoms with E-state index in [4.69, 9.17) is 4.74 Å². The number of carboxylic acids is 1. The lowest BCUT2D eigenvalue weighted by Gasteiger charge is -2.48. The Morgan fingerprint density at radius 2 is 1.46 bits per heavy atom. The van der Waals surface area contributed by atoms with Crippen LogP contribution in [0.25, 0.3) is 11.1 Å². The molecule has 2 fully saturated rings. The molecule has 16 heteroatoms. The molecule has 1 N–H and O–H groups in total. The normalized spacial score (nSPS) is 23.0. The fourth-order valence-corrected chi connectivity index (χ4v) is 6.46. The van der Waals surface area contributed by atoms with Crippen LogP contribution in [-0.4, -0.2) is 66.0 Å². The standard InChI is InChI=1S/C32H36F6N6O4/c1-4-24-11-26(12-25(5-2)44(24)30(47)48-27-8-19(9-27)28(45)46)43(29-39-13-20(14-40-29)21-15-41-42(3)17-21)16-18-6-22(31(33,34)35)10-23(7-18)32(36,37)38/h6-7,10,13-15,17,19,24-27H,4-5,8-9,11-12,16H2,1-3H3,(H,45,46). The summed E-state index contributed by atoms with van der Waals surface area (Å²) in [6.07, 6.45) is -2.69. The van der Waals surface area contributed by atoms with Gasteiger partial charge in [0.05, 0.1) is 23.2 Å². The lowest BCUT2D eigenvalue weighted by Crippen LogP contribution is -2.57. The fourth-order valence-electron chi connectivity index (χ4n) is 6.46. The van der Waals surface area contributed by atoms with Gasteiger partial charge in [0, 0.05) is 61.4 Å². The molecule has 2 aromatic heterocycles. The van der Waals surface area contributed by atoms with Crippen molar-refractivity contribution in [2.75, 3.05) is 4.90 Å². The number of rotatable bonds is 9. The number of halogens is 6. The molecule has 1 aliphatic carbocycles. The third-order valence-corrected chi connectivity index (χ3v) is 9.11. The van der Waals surface area contributed by atoms with E-state index in [1.807, 2.05) is 13.8 Å². The molecule has 0 spiro atoms. The summed E-state index contributed by atoms with van der Waals surface area (Å²) in [6, 6.07) is 0.254. The van der Waals surface area contributed by atoms with E-state index >= 15 is 0 Å². The molecular formula is C32H36F6N6O4. The zero-order valence-corrected chi connectivity index (χ0v) is 26.5. The van der Waals surface area contributed by atoms with E-state index in [1.54, 1.807) is 33.9 Å². The number of hydrogen-bond acceptors (Lipinski definition) is 7. The van der Waals surface area contributed by atoms with E-state index in [2.05, 4.69) is 15.1 Å². The predicted octanol–water partition coefficient (Wildman–Crippen LogP) is 6.94. The molecule has 10 nitrogen and oxygen atoms in total. The molecule has 1 saturated heterocycles. The van der Waals surface area contributed by atoms with Crippen LogP contribution < -0.4 is 4.90 Å². The number of likely N-dealkylation sites (tertiary alicyclic amines) is 1. The van der Waals surface area contributed by atoms with Gasteiger partial charge >= 0.3 is 24.4 Å². The SMILES string of the molecule is CCC1CC(N(Cc2cc(C(F)(F)F)cc(C(F)(F)F)c2)c2ncc(-c3cnn(C)c3)cn2)CC(CC)N1C(=O)OC1CC(C(=O)O)C1. The number of aromatic nitrogens is 4. The van der Waals surface area contributed by atoms with Gasteiger partial charge in [0.25, 0.3) is 0 Å². The third-order valence-electron chi connectivity index (χ3n) is 9.11. The highest BCUT2D eigenvalue weighted by atomic mass is 19.4. The summed E-state index contributed by atoms with van der Waals surface area (Å²) >= 11 is 0. The molecule has 2 aliphatic rings. The quantitative estimate of drug-likeness (QED) is 0.242. The summed E-state index contributed by atoms with van der Waals surface area (Å²) in [5.74, 6) is -1.40. The van der Waals surface area contributed by atoms with E-state index < -0.39 is 53.6 Å². The largest absolute Gasteiger partial charge is 0.481 e. The highest BCUT2D eigenvalue weighted by Crippen LogP contribution is 2.39. The van der Waals surface area contributed by atoms with E-state index in [1.165, 1.54) is 12.4 Å². The Hall–Kier alpha value is -4.37. The van der Waals surface area contributed by atoms with Gasteiger partial charge in [0.1, 0.15) is 6.10 Å². The molecule has 3 aromatic rings. The van der Waals surface area contributed by atoms with E-state index in [0.717, 1.165) is 0 Å². The van der Waals surface area contributed by atoms with Crippen LogP contribution in [0.1, 0.15) is 69.1 Å². The number of benzene rings is 1. The van der Waals surface area contributed by atoms with Crippen molar-refractivity contribution in [1.29, 1.82) is 0 Å². The molecule has 1 amide bonds. The first-order chi connectivity index (χ1) is 22.6. The van der Waals surface area contributed by atoms with Crippen molar-refractivity contribution in [2.45, 2.75) is 95.5 Å². The molecule has 0 bridgehead atoms. The Kier molecular flexibility index (Phi) is 9.92. The Morgan fingerprint density at radius 3 is 1.92 bits per heavy atom. The van der Waals surface area contributed by atoms with Crippen LogP contribution in [-0.2, 0) is 35.5 Å². The van der Waals surface area contributed by atoms with Gasteiger partial charge in [0.2, 0.25) is 5.95 Å². The Balaban J connectivity index is 1.47. The lowest BCUT2D eigenvalue weighted by molar-refractivity contribution is -0.149. The summed E-state index contributed by atoms with van der Waals surface area (Å²) in [6.45, 7) is 3.38. The molecular weight excluding hydrogens is 646 g/mol. The van der Waals surface area contributed by atoms with Crippen LogP contribution in [0.15, 0.2) is 43.0 Å². The number of anilines is 1. The minimum Gasteiger partial charge on any atom is -0.481 e. The smallest absolute Gasteiger partial charge is 0.416 e. The summed E-state index contributed by atoms with van der Waals surface area (Å²) in [7, 11) is 1.74. The summed E-state index contributed by atoms with van der Waals surface area (Å²) in [5, 5.41) is 13.3. The van der Waals surface area contributed by atoms with Crippen LogP contribution in [0, 0.1) is 5.92 Å². The molecule has 3 heterocycles. The number of amides is 1. The monoisotopic (exact) mass is 682 g/mol. The van der Waals surface area contributed by atoms with Crippen LogP contribution in [0.2, 0.25) is 0 Å². The molecule has 1 aromatic carbocycles. The van der Waals surface area contributed by atoms with Crippen LogP contribution >= 0.6 is 0 Å². The molecule has 1 aliphatic heterocycles. The Bertz CT molecular complexity index is 1560. The maximum Gasteiger partial charge on any atom is 0.416 e.